The maximum absolute atomic E-state index is 13.8. The van der Waals surface area contributed by atoms with Gasteiger partial charge in [-0.25, -0.2) is 14.1 Å². The molecular weight excluding hydrogens is 279 g/mol. The Labute approximate surface area is 118 Å². The number of nitrogens with one attached hydrogen (secondary N) is 1. The van der Waals surface area contributed by atoms with E-state index in [0.717, 1.165) is 10.7 Å². The van der Waals surface area contributed by atoms with Crippen molar-refractivity contribution in [3.05, 3.63) is 46.4 Å². The SMILES string of the molecule is Cc1csc(CNc2cc(-n3cnnn3)ccc2F)n1. The number of rotatable bonds is 4. The predicted octanol–water partition coefficient (Wildman–Crippen LogP) is 2.18. The third kappa shape index (κ3) is 2.64. The van der Waals surface area contributed by atoms with Gasteiger partial charge in [-0.3, -0.25) is 0 Å². The third-order valence-electron chi connectivity index (χ3n) is 2.66. The van der Waals surface area contributed by atoms with E-state index in [9.17, 15) is 4.39 Å². The quantitative estimate of drug-likeness (QED) is 0.797. The molecule has 0 unspecified atom stereocenters. The first kappa shape index (κ1) is 12.7. The molecule has 0 radical (unpaired) electrons. The van der Waals surface area contributed by atoms with Crippen molar-refractivity contribution in [3.8, 4) is 5.69 Å². The summed E-state index contributed by atoms with van der Waals surface area (Å²) in [5.74, 6) is -0.324. The molecule has 0 amide bonds. The van der Waals surface area contributed by atoms with Crippen molar-refractivity contribution in [3.63, 3.8) is 0 Å². The molecule has 6 nitrogen and oxygen atoms in total. The molecule has 102 valence electrons. The van der Waals surface area contributed by atoms with Crippen LogP contribution in [0.4, 0.5) is 10.1 Å². The molecule has 1 aromatic carbocycles. The molecule has 3 rings (SSSR count). The number of aryl methyl sites for hydroxylation is 1. The third-order valence-corrected chi connectivity index (χ3v) is 3.63. The lowest BCUT2D eigenvalue weighted by molar-refractivity contribution is 0.629. The van der Waals surface area contributed by atoms with Gasteiger partial charge < -0.3 is 5.32 Å². The highest BCUT2D eigenvalue weighted by Gasteiger charge is 2.07. The van der Waals surface area contributed by atoms with Crippen LogP contribution in [0.1, 0.15) is 10.7 Å². The lowest BCUT2D eigenvalue weighted by Gasteiger charge is -2.08. The molecule has 0 saturated carbocycles. The summed E-state index contributed by atoms with van der Waals surface area (Å²) in [5.41, 5.74) is 2.05. The first-order chi connectivity index (χ1) is 9.72. The number of nitrogens with zero attached hydrogens (tertiary/aromatic N) is 5. The first-order valence-corrected chi connectivity index (χ1v) is 6.78. The van der Waals surface area contributed by atoms with Gasteiger partial charge in [0.1, 0.15) is 17.2 Å². The van der Waals surface area contributed by atoms with Crippen LogP contribution in [-0.4, -0.2) is 25.2 Å². The van der Waals surface area contributed by atoms with Gasteiger partial charge in [-0.2, -0.15) is 0 Å². The van der Waals surface area contributed by atoms with Gasteiger partial charge in [0.2, 0.25) is 0 Å². The van der Waals surface area contributed by atoms with Gasteiger partial charge in [0.25, 0.3) is 0 Å². The molecule has 2 heterocycles. The average molecular weight is 290 g/mol. The molecule has 1 N–H and O–H groups in total. The molecule has 0 aliphatic rings. The van der Waals surface area contributed by atoms with Gasteiger partial charge in [0, 0.05) is 11.1 Å². The predicted molar refractivity (Wildman–Crippen MR) is 73.3 cm³/mol. The van der Waals surface area contributed by atoms with Crippen molar-refractivity contribution in [2.75, 3.05) is 5.32 Å². The number of halogens is 1. The Hall–Kier alpha value is -2.35. The van der Waals surface area contributed by atoms with E-state index in [4.69, 9.17) is 0 Å². The molecule has 3 aromatic rings. The van der Waals surface area contributed by atoms with Crippen molar-refractivity contribution >= 4 is 17.0 Å². The Balaban J connectivity index is 1.80. The summed E-state index contributed by atoms with van der Waals surface area (Å²) in [6.45, 7) is 2.41. The Bertz CT molecular complexity index is 709. The monoisotopic (exact) mass is 290 g/mol. The van der Waals surface area contributed by atoms with E-state index < -0.39 is 0 Å². The van der Waals surface area contributed by atoms with Gasteiger partial charge in [-0.15, -0.1) is 16.4 Å². The molecule has 0 fully saturated rings. The molecule has 2 aromatic heterocycles. The zero-order valence-electron chi connectivity index (χ0n) is 10.6. The zero-order chi connectivity index (χ0) is 13.9. The number of anilines is 1. The lowest BCUT2D eigenvalue weighted by Crippen LogP contribution is -2.03. The molecule has 0 bridgehead atoms. The fourth-order valence-electron chi connectivity index (χ4n) is 1.73. The van der Waals surface area contributed by atoms with E-state index in [1.807, 2.05) is 12.3 Å². The largest absolute Gasteiger partial charge is 0.376 e. The van der Waals surface area contributed by atoms with Crippen LogP contribution in [0, 0.1) is 12.7 Å². The summed E-state index contributed by atoms with van der Waals surface area (Å²) in [6, 6.07) is 4.66. The minimum absolute atomic E-state index is 0.324. The van der Waals surface area contributed by atoms with Crippen LogP contribution >= 0.6 is 11.3 Å². The first-order valence-electron chi connectivity index (χ1n) is 5.90. The summed E-state index contributed by atoms with van der Waals surface area (Å²) in [6.07, 6.45) is 1.46. The van der Waals surface area contributed by atoms with E-state index in [-0.39, 0.29) is 5.82 Å². The van der Waals surface area contributed by atoms with Crippen LogP contribution < -0.4 is 5.32 Å². The maximum Gasteiger partial charge on any atom is 0.146 e. The minimum atomic E-state index is -0.324. The molecular formula is C12H11FN6S. The number of tetrazole rings is 1. The summed E-state index contributed by atoms with van der Waals surface area (Å²) in [7, 11) is 0. The van der Waals surface area contributed by atoms with Crippen molar-refractivity contribution < 1.29 is 4.39 Å². The molecule has 20 heavy (non-hydrogen) atoms. The minimum Gasteiger partial charge on any atom is -0.376 e. The topological polar surface area (TPSA) is 68.5 Å². The van der Waals surface area contributed by atoms with Gasteiger partial charge in [0.15, 0.2) is 0 Å². The number of aromatic nitrogens is 5. The fourth-order valence-corrected chi connectivity index (χ4v) is 2.44. The second-order valence-electron chi connectivity index (χ2n) is 4.15. The summed E-state index contributed by atoms with van der Waals surface area (Å²) in [5, 5.41) is 16.8. The number of hydrogen-bond acceptors (Lipinski definition) is 6. The Morgan fingerprint density at radius 2 is 2.30 bits per heavy atom. The number of hydrogen-bond donors (Lipinski definition) is 1. The van der Waals surface area contributed by atoms with Crippen molar-refractivity contribution in [2.45, 2.75) is 13.5 Å². The molecule has 8 heteroatoms. The average Bonchev–Trinajstić information content (AvgIpc) is 3.09. The van der Waals surface area contributed by atoms with Gasteiger partial charge in [-0.05, 0) is 35.5 Å². The van der Waals surface area contributed by atoms with E-state index in [1.54, 1.807) is 23.5 Å². The van der Waals surface area contributed by atoms with E-state index >= 15 is 0 Å². The van der Waals surface area contributed by atoms with E-state index in [0.29, 0.717) is 17.9 Å². The van der Waals surface area contributed by atoms with Crippen molar-refractivity contribution in [1.82, 2.24) is 25.2 Å². The Morgan fingerprint density at radius 3 is 3.00 bits per heavy atom. The maximum atomic E-state index is 13.8. The highest BCUT2D eigenvalue weighted by atomic mass is 32.1. The normalized spacial score (nSPS) is 10.7. The van der Waals surface area contributed by atoms with Gasteiger partial charge in [0.05, 0.1) is 17.9 Å². The lowest BCUT2D eigenvalue weighted by atomic mass is 10.2. The van der Waals surface area contributed by atoms with Crippen LogP contribution in [0.5, 0.6) is 0 Å². The fraction of sp³-hybridized carbons (Fsp3) is 0.167. The highest BCUT2D eigenvalue weighted by molar-refractivity contribution is 7.09. The summed E-state index contributed by atoms with van der Waals surface area (Å²) < 4.78 is 15.2. The molecule has 0 atom stereocenters. The van der Waals surface area contributed by atoms with Crippen LogP contribution in [0.15, 0.2) is 29.9 Å². The summed E-state index contributed by atoms with van der Waals surface area (Å²) >= 11 is 1.54. The Morgan fingerprint density at radius 1 is 1.40 bits per heavy atom. The standard InChI is InChI=1S/C12H11FN6S/c1-8-6-20-12(16-8)5-14-11-4-9(2-3-10(11)13)19-7-15-17-18-19/h2-4,6-7,14H,5H2,1H3. The van der Waals surface area contributed by atoms with E-state index in [1.165, 1.54) is 17.1 Å². The second kappa shape index (κ2) is 5.33. The van der Waals surface area contributed by atoms with Crippen LogP contribution in [0.2, 0.25) is 0 Å². The van der Waals surface area contributed by atoms with Crippen LogP contribution in [0.25, 0.3) is 5.69 Å². The highest BCUT2D eigenvalue weighted by Crippen LogP contribution is 2.19. The second-order valence-corrected chi connectivity index (χ2v) is 5.10. The van der Waals surface area contributed by atoms with Crippen molar-refractivity contribution in [1.29, 1.82) is 0 Å². The molecule has 0 aliphatic heterocycles. The number of benzene rings is 1. The molecule has 0 saturated heterocycles. The van der Waals surface area contributed by atoms with Crippen LogP contribution in [0.3, 0.4) is 0 Å². The molecule has 0 aliphatic carbocycles. The van der Waals surface area contributed by atoms with Crippen LogP contribution in [-0.2, 0) is 6.54 Å². The molecule has 0 spiro atoms. The van der Waals surface area contributed by atoms with Crippen molar-refractivity contribution in [2.24, 2.45) is 0 Å². The summed E-state index contributed by atoms with van der Waals surface area (Å²) in [4.78, 5) is 4.32. The smallest absolute Gasteiger partial charge is 0.146 e. The van der Waals surface area contributed by atoms with Gasteiger partial charge >= 0.3 is 0 Å². The number of thiazole rings is 1. The Kier molecular flexibility index (Phi) is 3.38. The van der Waals surface area contributed by atoms with Gasteiger partial charge in [-0.1, -0.05) is 0 Å². The zero-order valence-corrected chi connectivity index (χ0v) is 11.4. The van der Waals surface area contributed by atoms with E-state index in [2.05, 4.69) is 25.8 Å².